The van der Waals surface area contributed by atoms with Crippen molar-refractivity contribution < 1.29 is 27.5 Å². The van der Waals surface area contributed by atoms with Crippen LogP contribution in [0.1, 0.15) is 48.5 Å². The standard InChI is InChI=1S/C20H18F4O2/c1-2-3-4-5-15(21)18(23)13-8-6-12(7-9-13)17-14(20(25)26)10-11-16(22)19(17)24/h6-11H,2-5H2,1H3,(H,25,26)/b18-15+. The van der Waals surface area contributed by atoms with E-state index in [0.717, 1.165) is 25.0 Å². The van der Waals surface area contributed by atoms with Gasteiger partial charge in [-0.05, 0) is 24.1 Å². The van der Waals surface area contributed by atoms with E-state index in [2.05, 4.69) is 0 Å². The lowest BCUT2D eigenvalue weighted by molar-refractivity contribution is 0.0697. The highest BCUT2D eigenvalue weighted by Crippen LogP contribution is 2.31. The van der Waals surface area contributed by atoms with Crippen LogP contribution >= 0.6 is 0 Å². The zero-order valence-electron chi connectivity index (χ0n) is 14.2. The van der Waals surface area contributed by atoms with Gasteiger partial charge in [0.05, 0.1) is 5.56 Å². The molecule has 0 aliphatic carbocycles. The minimum absolute atomic E-state index is 0.0108. The summed E-state index contributed by atoms with van der Waals surface area (Å²) in [6.45, 7) is 1.95. The number of carbonyl (C=O) groups is 1. The van der Waals surface area contributed by atoms with Gasteiger partial charge in [0.1, 0.15) is 5.83 Å². The zero-order valence-corrected chi connectivity index (χ0v) is 14.2. The van der Waals surface area contributed by atoms with Gasteiger partial charge in [0.25, 0.3) is 0 Å². The first-order valence-corrected chi connectivity index (χ1v) is 8.23. The smallest absolute Gasteiger partial charge is 0.336 e. The quantitative estimate of drug-likeness (QED) is 0.447. The van der Waals surface area contributed by atoms with E-state index in [1.54, 1.807) is 0 Å². The van der Waals surface area contributed by atoms with Gasteiger partial charge < -0.3 is 5.11 Å². The predicted octanol–water partition coefficient (Wildman–Crippen LogP) is 6.52. The van der Waals surface area contributed by atoms with Crippen molar-refractivity contribution in [3.05, 3.63) is 65.0 Å². The molecule has 0 aliphatic rings. The summed E-state index contributed by atoms with van der Waals surface area (Å²) >= 11 is 0. The Hall–Kier alpha value is -2.63. The molecule has 0 amide bonds. The largest absolute Gasteiger partial charge is 0.478 e. The number of rotatable bonds is 7. The average Bonchev–Trinajstić information content (AvgIpc) is 2.63. The third-order valence-electron chi connectivity index (χ3n) is 3.99. The lowest BCUT2D eigenvalue weighted by atomic mass is 9.97. The molecule has 0 spiro atoms. The lowest BCUT2D eigenvalue weighted by Gasteiger charge is -2.09. The van der Waals surface area contributed by atoms with E-state index in [1.807, 2.05) is 6.92 Å². The van der Waals surface area contributed by atoms with Crippen LogP contribution in [0.25, 0.3) is 17.0 Å². The van der Waals surface area contributed by atoms with E-state index < -0.39 is 40.4 Å². The van der Waals surface area contributed by atoms with Gasteiger partial charge in [-0.25, -0.2) is 22.4 Å². The van der Waals surface area contributed by atoms with E-state index in [9.17, 15) is 22.4 Å². The normalized spacial score (nSPS) is 12.0. The average molecular weight is 366 g/mol. The molecule has 0 radical (unpaired) electrons. The molecule has 0 unspecified atom stereocenters. The van der Waals surface area contributed by atoms with Crippen LogP contribution in [-0.2, 0) is 0 Å². The molecule has 26 heavy (non-hydrogen) atoms. The lowest BCUT2D eigenvalue weighted by Crippen LogP contribution is -2.03. The molecule has 2 nitrogen and oxygen atoms in total. The number of benzene rings is 2. The van der Waals surface area contributed by atoms with Crippen LogP contribution in [0.15, 0.2) is 42.2 Å². The second kappa shape index (κ2) is 8.65. The number of halogens is 4. The van der Waals surface area contributed by atoms with Crippen LogP contribution in [0.4, 0.5) is 17.6 Å². The number of carboxylic acids is 1. The van der Waals surface area contributed by atoms with Gasteiger partial charge in [-0.2, -0.15) is 0 Å². The number of aromatic carboxylic acids is 1. The summed E-state index contributed by atoms with van der Waals surface area (Å²) in [5.74, 6) is -5.79. The number of unbranched alkanes of at least 4 members (excludes halogenated alkanes) is 2. The SMILES string of the molecule is CCCCC/C(F)=C(\F)c1ccc(-c2c(C(=O)O)ccc(F)c2F)cc1. The van der Waals surface area contributed by atoms with Crippen molar-refractivity contribution in [2.45, 2.75) is 32.6 Å². The van der Waals surface area contributed by atoms with Crippen LogP contribution in [0.5, 0.6) is 0 Å². The first kappa shape index (κ1) is 19.7. The first-order chi connectivity index (χ1) is 12.4. The predicted molar refractivity (Wildman–Crippen MR) is 92.0 cm³/mol. The molecule has 0 aliphatic heterocycles. The molecule has 0 saturated heterocycles. The van der Waals surface area contributed by atoms with Crippen LogP contribution in [0.3, 0.4) is 0 Å². The van der Waals surface area contributed by atoms with E-state index in [0.29, 0.717) is 6.42 Å². The molecule has 138 valence electrons. The second-order valence-electron chi connectivity index (χ2n) is 5.84. The third kappa shape index (κ3) is 4.31. The van der Waals surface area contributed by atoms with Crippen molar-refractivity contribution >= 4 is 11.8 Å². The van der Waals surface area contributed by atoms with Crippen molar-refractivity contribution in [3.63, 3.8) is 0 Å². The van der Waals surface area contributed by atoms with Crippen LogP contribution in [0, 0.1) is 11.6 Å². The first-order valence-electron chi connectivity index (χ1n) is 8.23. The van der Waals surface area contributed by atoms with Gasteiger partial charge in [-0.1, -0.05) is 44.0 Å². The van der Waals surface area contributed by atoms with E-state index in [-0.39, 0.29) is 17.5 Å². The Morgan fingerprint density at radius 3 is 2.23 bits per heavy atom. The molecule has 0 bridgehead atoms. The molecule has 1 N–H and O–H groups in total. The van der Waals surface area contributed by atoms with Gasteiger partial charge in [-0.15, -0.1) is 0 Å². The second-order valence-corrected chi connectivity index (χ2v) is 5.84. The molecule has 2 rings (SSSR count). The summed E-state index contributed by atoms with van der Waals surface area (Å²) in [6, 6.07) is 6.57. The van der Waals surface area contributed by atoms with Gasteiger partial charge in [0, 0.05) is 17.5 Å². The minimum Gasteiger partial charge on any atom is -0.478 e. The fourth-order valence-electron chi connectivity index (χ4n) is 2.59. The van der Waals surface area contributed by atoms with Crippen molar-refractivity contribution in [2.75, 3.05) is 0 Å². The topological polar surface area (TPSA) is 37.3 Å². The minimum atomic E-state index is -1.42. The van der Waals surface area contributed by atoms with Crippen molar-refractivity contribution in [2.24, 2.45) is 0 Å². The summed E-state index contributed by atoms with van der Waals surface area (Å²) in [7, 11) is 0. The highest BCUT2D eigenvalue weighted by atomic mass is 19.2. The maximum Gasteiger partial charge on any atom is 0.336 e. The van der Waals surface area contributed by atoms with Gasteiger partial charge in [0.2, 0.25) is 0 Å². The molecule has 0 aromatic heterocycles. The summed E-state index contributed by atoms with van der Waals surface area (Å²) < 4.78 is 55.5. The van der Waals surface area contributed by atoms with Crippen LogP contribution in [-0.4, -0.2) is 11.1 Å². The number of hydrogen-bond acceptors (Lipinski definition) is 1. The van der Waals surface area contributed by atoms with E-state index in [1.165, 1.54) is 24.3 Å². The third-order valence-corrected chi connectivity index (χ3v) is 3.99. The highest BCUT2D eigenvalue weighted by molar-refractivity contribution is 5.96. The summed E-state index contributed by atoms with van der Waals surface area (Å²) in [5, 5.41) is 9.15. The molecule has 2 aromatic rings. The van der Waals surface area contributed by atoms with Gasteiger partial charge in [-0.3, -0.25) is 0 Å². The maximum atomic E-state index is 14.1. The summed E-state index contributed by atoms with van der Waals surface area (Å²) in [4.78, 5) is 11.2. The van der Waals surface area contributed by atoms with Crippen molar-refractivity contribution in [1.29, 1.82) is 0 Å². The Morgan fingerprint density at radius 2 is 1.65 bits per heavy atom. The fraction of sp³-hybridized carbons (Fsp3) is 0.250. The Morgan fingerprint density at radius 1 is 1.00 bits per heavy atom. The van der Waals surface area contributed by atoms with Gasteiger partial charge >= 0.3 is 5.97 Å². The maximum absolute atomic E-state index is 14.1. The molecule has 0 fully saturated rings. The van der Waals surface area contributed by atoms with Crippen molar-refractivity contribution in [1.82, 2.24) is 0 Å². The monoisotopic (exact) mass is 366 g/mol. The summed E-state index contributed by atoms with van der Waals surface area (Å²) in [5.41, 5.74) is -0.839. The van der Waals surface area contributed by atoms with Crippen LogP contribution in [0.2, 0.25) is 0 Å². The number of hydrogen-bond donors (Lipinski definition) is 1. The van der Waals surface area contributed by atoms with Crippen LogP contribution < -0.4 is 0 Å². The van der Waals surface area contributed by atoms with E-state index >= 15 is 0 Å². The van der Waals surface area contributed by atoms with Gasteiger partial charge in [0.15, 0.2) is 17.5 Å². The Balaban J connectivity index is 2.38. The Kier molecular flexibility index (Phi) is 6.55. The number of allylic oxidation sites excluding steroid dienone is 1. The Labute approximate surface area is 148 Å². The molecule has 0 atom stereocenters. The molecular formula is C20H18F4O2. The zero-order chi connectivity index (χ0) is 19.3. The molecule has 0 heterocycles. The number of carboxylic acid groups (broad SMARTS) is 1. The molecular weight excluding hydrogens is 348 g/mol. The highest BCUT2D eigenvalue weighted by Gasteiger charge is 2.20. The fourth-order valence-corrected chi connectivity index (χ4v) is 2.59. The summed E-state index contributed by atoms with van der Waals surface area (Å²) in [6.07, 6.45) is 2.19. The van der Waals surface area contributed by atoms with Crippen molar-refractivity contribution in [3.8, 4) is 11.1 Å². The molecule has 0 saturated carbocycles. The van der Waals surface area contributed by atoms with E-state index in [4.69, 9.17) is 5.11 Å². The molecule has 2 aromatic carbocycles. The Bertz CT molecular complexity index is 826. The molecule has 6 heteroatoms.